The number of nitrogen functional groups attached to an aromatic ring is 1. The molecule has 2 unspecified atom stereocenters. The van der Waals surface area contributed by atoms with Crippen molar-refractivity contribution >= 4 is 23.2 Å². The molecule has 1 saturated carbocycles. The van der Waals surface area contributed by atoms with Gasteiger partial charge in [-0.05, 0) is 43.5 Å². The van der Waals surface area contributed by atoms with E-state index in [1.54, 1.807) is 12.1 Å². The van der Waals surface area contributed by atoms with E-state index in [1.165, 1.54) is 4.90 Å². The van der Waals surface area contributed by atoms with Gasteiger partial charge in [0.25, 0.3) is 0 Å². The standard InChI is InChI=1S/C15H18N2O2/c1-9-8-10(6-7-13(9)16)17-14(18)11-4-2-3-5-12(11)15(17)19/h6-8,11-12H,2-5,16H2,1H3. The molecule has 0 radical (unpaired) electrons. The summed E-state index contributed by atoms with van der Waals surface area (Å²) >= 11 is 0. The minimum absolute atomic E-state index is 0.0288. The second-order valence-electron chi connectivity index (χ2n) is 5.55. The van der Waals surface area contributed by atoms with Crippen LogP contribution in [0.25, 0.3) is 0 Å². The van der Waals surface area contributed by atoms with Crippen LogP contribution in [-0.4, -0.2) is 11.8 Å². The molecule has 2 fully saturated rings. The van der Waals surface area contributed by atoms with E-state index in [2.05, 4.69) is 0 Å². The normalized spacial score (nSPS) is 26.7. The number of amides is 2. The number of imide groups is 1. The molecule has 1 aliphatic heterocycles. The lowest BCUT2D eigenvalue weighted by Crippen LogP contribution is -2.30. The first kappa shape index (κ1) is 12.2. The predicted octanol–water partition coefficient (Wildman–Crippen LogP) is 2.26. The highest BCUT2D eigenvalue weighted by molar-refractivity contribution is 6.22. The summed E-state index contributed by atoms with van der Waals surface area (Å²) in [4.78, 5) is 26.2. The maximum absolute atomic E-state index is 12.4. The summed E-state index contributed by atoms with van der Waals surface area (Å²) in [6.45, 7) is 1.89. The number of hydrogen-bond acceptors (Lipinski definition) is 3. The van der Waals surface area contributed by atoms with E-state index in [0.717, 1.165) is 31.2 Å². The maximum atomic E-state index is 12.4. The molecule has 100 valence electrons. The zero-order valence-electron chi connectivity index (χ0n) is 11.1. The Morgan fingerprint density at radius 2 is 1.68 bits per heavy atom. The first-order valence-corrected chi connectivity index (χ1v) is 6.83. The predicted molar refractivity (Wildman–Crippen MR) is 73.5 cm³/mol. The topological polar surface area (TPSA) is 63.4 Å². The van der Waals surface area contributed by atoms with Gasteiger partial charge in [0.05, 0.1) is 17.5 Å². The van der Waals surface area contributed by atoms with Crippen molar-refractivity contribution in [2.45, 2.75) is 32.6 Å². The molecular formula is C15H18N2O2. The van der Waals surface area contributed by atoms with E-state index < -0.39 is 0 Å². The number of rotatable bonds is 1. The second-order valence-corrected chi connectivity index (χ2v) is 5.55. The molecule has 4 nitrogen and oxygen atoms in total. The zero-order chi connectivity index (χ0) is 13.6. The van der Waals surface area contributed by atoms with E-state index in [-0.39, 0.29) is 23.7 Å². The SMILES string of the molecule is Cc1cc(N2C(=O)C3CCCCC3C2=O)ccc1N. The van der Waals surface area contributed by atoms with E-state index in [9.17, 15) is 9.59 Å². The largest absolute Gasteiger partial charge is 0.399 e. The third-order valence-corrected chi connectivity index (χ3v) is 4.35. The van der Waals surface area contributed by atoms with Gasteiger partial charge in [0.2, 0.25) is 11.8 Å². The number of carbonyl (C=O) groups is 2. The minimum Gasteiger partial charge on any atom is -0.399 e. The van der Waals surface area contributed by atoms with Gasteiger partial charge in [-0.25, -0.2) is 0 Å². The Morgan fingerprint density at radius 1 is 1.11 bits per heavy atom. The second kappa shape index (κ2) is 4.37. The van der Waals surface area contributed by atoms with Gasteiger partial charge in [0, 0.05) is 5.69 Å². The van der Waals surface area contributed by atoms with Crippen LogP contribution in [0.15, 0.2) is 18.2 Å². The van der Waals surface area contributed by atoms with Gasteiger partial charge in [-0.1, -0.05) is 12.8 Å². The van der Waals surface area contributed by atoms with Crippen LogP contribution in [0.5, 0.6) is 0 Å². The van der Waals surface area contributed by atoms with Gasteiger partial charge >= 0.3 is 0 Å². The lowest BCUT2D eigenvalue weighted by atomic mass is 9.81. The molecule has 1 heterocycles. The zero-order valence-corrected chi connectivity index (χ0v) is 11.1. The first-order chi connectivity index (χ1) is 9.09. The molecule has 0 bridgehead atoms. The van der Waals surface area contributed by atoms with Crippen LogP contribution in [-0.2, 0) is 9.59 Å². The maximum Gasteiger partial charge on any atom is 0.237 e. The summed E-state index contributed by atoms with van der Waals surface area (Å²) in [7, 11) is 0. The Balaban J connectivity index is 1.98. The summed E-state index contributed by atoms with van der Waals surface area (Å²) in [6, 6.07) is 5.34. The first-order valence-electron chi connectivity index (χ1n) is 6.83. The molecular weight excluding hydrogens is 240 g/mol. The third kappa shape index (κ3) is 1.82. The van der Waals surface area contributed by atoms with E-state index in [1.807, 2.05) is 13.0 Å². The van der Waals surface area contributed by atoms with Gasteiger partial charge < -0.3 is 5.73 Å². The van der Waals surface area contributed by atoms with Crippen molar-refractivity contribution in [3.8, 4) is 0 Å². The summed E-state index contributed by atoms with van der Waals surface area (Å²) in [5.74, 6) is -0.254. The summed E-state index contributed by atoms with van der Waals surface area (Å²) in [6.07, 6.45) is 3.79. The quantitative estimate of drug-likeness (QED) is 0.620. The van der Waals surface area contributed by atoms with Crippen molar-refractivity contribution in [2.75, 3.05) is 10.6 Å². The molecule has 1 saturated heterocycles. The van der Waals surface area contributed by atoms with Crippen LogP contribution in [0.3, 0.4) is 0 Å². The molecule has 1 aromatic rings. The fraction of sp³-hybridized carbons (Fsp3) is 0.467. The molecule has 2 amide bonds. The number of hydrogen-bond donors (Lipinski definition) is 1. The van der Waals surface area contributed by atoms with E-state index >= 15 is 0 Å². The lowest BCUT2D eigenvalue weighted by molar-refractivity contribution is -0.122. The molecule has 1 aliphatic carbocycles. The number of nitrogens with two attached hydrogens (primary N) is 1. The highest BCUT2D eigenvalue weighted by atomic mass is 16.2. The smallest absolute Gasteiger partial charge is 0.237 e. The van der Waals surface area contributed by atoms with Crippen LogP contribution in [0.4, 0.5) is 11.4 Å². The minimum atomic E-state index is -0.0980. The van der Waals surface area contributed by atoms with Crippen molar-refractivity contribution in [1.82, 2.24) is 0 Å². The van der Waals surface area contributed by atoms with Gasteiger partial charge in [-0.15, -0.1) is 0 Å². The average molecular weight is 258 g/mol. The Labute approximate surface area is 112 Å². The molecule has 2 N–H and O–H groups in total. The molecule has 19 heavy (non-hydrogen) atoms. The van der Waals surface area contributed by atoms with Crippen molar-refractivity contribution in [3.63, 3.8) is 0 Å². The van der Waals surface area contributed by atoms with Crippen LogP contribution in [0.1, 0.15) is 31.2 Å². The Bertz CT molecular complexity index is 529. The monoisotopic (exact) mass is 258 g/mol. The third-order valence-electron chi connectivity index (χ3n) is 4.35. The van der Waals surface area contributed by atoms with Crippen molar-refractivity contribution in [1.29, 1.82) is 0 Å². The fourth-order valence-electron chi connectivity index (χ4n) is 3.22. The number of nitrogens with zero attached hydrogens (tertiary/aromatic N) is 1. The van der Waals surface area contributed by atoms with Crippen molar-refractivity contribution < 1.29 is 9.59 Å². The molecule has 3 rings (SSSR count). The number of anilines is 2. The molecule has 4 heteroatoms. The van der Waals surface area contributed by atoms with Crippen molar-refractivity contribution in [3.05, 3.63) is 23.8 Å². The van der Waals surface area contributed by atoms with Gasteiger partial charge in [0.15, 0.2) is 0 Å². The highest BCUT2D eigenvalue weighted by Crippen LogP contribution is 2.40. The van der Waals surface area contributed by atoms with Gasteiger partial charge in [-0.3, -0.25) is 14.5 Å². The number of aryl methyl sites for hydroxylation is 1. The molecule has 2 atom stereocenters. The lowest BCUT2D eigenvalue weighted by Gasteiger charge is -2.19. The van der Waals surface area contributed by atoms with Crippen LogP contribution in [0, 0.1) is 18.8 Å². The summed E-state index contributed by atoms with van der Waals surface area (Å²) in [5, 5.41) is 0. The van der Waals surface area contributed by atoms with Crippen LogP contribution in [0.2, 0.25) is 0 Å². The van der Waals surface area contributed by atoms with Crippen LogP contribution >= 0.6 is 0 Å². The number of fused-ring (bicyclic) bond motifs is 1. The highest BCUT2D eigenvalue weighted by Gasteiger charge is 2.48. The Morgan fingerprint density at radius 3 is 2.21 bits per heavy atom. The van der Waals surface area contributed by atoms with E-state index in [0.29, 0.717) is 11.4 Å². The van der Waals surface area contributed by atoms with Crippen molar-refractivity contribution in [2.24, 2.45) is 11.8 Å². The number of carbonyl (C=O) groups excluding carboxylic acids is 2. The van der Waals surface area contributed by atoms with Gasteiger partial charge in [-0.2, -0.15) is 0 Å². The Kier molecular flexibility index (Phi) is 2.81. The van der Waals surface area contributed by atoms with Crippen LogP contribution < -0.4 is 10.6 Å². The number of benzene rings is 1. The van der Waals surface area contributed by atoms with Gasteiger partial charge in [0.1, 0.15) is 0 Å². The molecule has 0 spiro atoms. The molecule has 2 aliphatic rings. The average Bonchev–Trinajstić information content (AvgIpc) is 2.66. The summed E-state index contributed by atoms with van der Waals surface area (Å²) in [5.41, 5.74) is 8.03. The Hall–Kier alpha value is -1.84. The molecule has 1 aromatic carbocycles. The molecule has 0 aromatic heterocycles. The van der Waals surface area contributed by atoms with E-state index in [4.69, 9.17) is 5.73 Å². The fourth-order valence-corrected chi connectivity index (χ4v) is 3.22. The summed E-state index contributed by atoms with van der Waals surface area (Å²) < 4.78 is 0.